The van der Waals surface area contributed by atoms with Crippen LogP contribution in [-0.4, -0.2) is 117 Å². The van der Waals surface area contributed by atoms with Crippen LogP contribution in [-0.2, 0) is 30.8 Å². The van der Waals surface area contributed by atoms with E-state index in [9.17, 15) is 40.5 Å². The number of aryl methyl sites for hydroxylation is 1. The molecule has 6 rings (SSSR count). The molecule has 4 aromatic heterocycles. The number of nitro groups is 4. The lowest BCUT2D eigenvalue weighted by atomic mass is 10.1. The fourth-order valence-corrected chi connectivity index (χ4v) is 6.62. The molecule has 2 aliphatic heterocycles. The first-order chi connectivity index (χ1) is 33.4. The largest absolute Gasteiger partial charge is 0.366 e. The van der Waals surface area contributed by atoms with Crippen LogP contribution in [0.1, 0.15) is 62.3 Å². The first kappa shape index (κ1) is 57.4. The molecule has 0 saturated carbocycles. The number of hydrogen-bond donors (Lipinski definition) is 1. The third kappa shape index (κ3) is 22.0. The molecule has 0 bridgehead atoms. The van der Waals surface area contributed by atoms with Crippen LogP contribution >= 0.6 is 46.4 Å². The summed E-state index contributed by atoms with van der Waals surface area (Å²) in [5.74, 6) is 0.538. The minimum Gasteiger partial charge on any atom is -0.366 e. The molecule has 2 saturated heterocycles. The van der Waals surface area contributed by atoms with Crippen molar-refractivity contribution in [2.45, 2.75) is 66.1 Å². The number of halogens is 4. The molecule has 25 nitrogen and oxygen atoms in total. The molecule has 0 amide bonds. The predicted molar refractivity (Wildman–Crippen MR) is 263 cm³/mol. The van der Waals surface area contributed by atoms with Crippen LogP contribution in [0.4, 0.5) is 0 Å². The van der Waals surface area contributed by atoms with Gasteiger partial charge in [-0.15, -0.1) is 0 Å². The second kappa shape index (κ2) is 30.5. The fraction of sp³-hybridized carbons (Fsp3) is 0.390. The molecule has 6 heterocycles. The van der Waals surface area contributed by atoms with E-state index in [1.165, 1.54) is 0 Å². The van der Waals surface area contributed by atoms with Crippen molar-refractivity contribution in [2.24, 2.45) is 15.3 Å². The minimum atomic E-state index is -0.718. The highest BCUT2D eigenvalue weighted by Crippen LogP contribution is 2.16. The normalized spacial score (nSPS) is 14.6. The average Bonchev–Trinajstić information content (AvgIpc) is 3.75. The van der Waals surface area contributed by atoms with Gasteiger partial charge in [0, 0.05) is 71.1 Å². The number of allylic oxidation sites excluding steroid dienone is 1. The van der Waals surface area contributed by atoms with E-state index in [2.05, 4.69) is 40.6 Å². The van der Waals surface area contributed by atoms with Gasteiger partial charge in [-0.05, 0) is 79.1 Å². The Morgan fingerprint density at radius 2 is 1.23 bits per heavy atom. The van der Waals surface area contributed by atoms with Crippen LogP contribution in [0.2, 0.25) is 20.6 Å². The maximum Gasteiger partial charge on any atom is 0.277 e. The van der Waals surface area contributed by atoms with Crippen molar-refractivity contribution in [3.63, 3.8) is 0 Å². The number of rotatable bonds is 17. The molecule has 4 aromatic rings. The van der Waals surface area contributed by atoms with Crippen molar-refractivity contribution < 1.29 is 24.8 Å². The van der Waals surface area contributed by atoms with Gasteiger partial charge in [-0.3, -0.25) is 10.1 Å². The highest BCUT2D eigenvalue weighted by Gasteiger charge is 2.25. The smallest absolute Gasteiger partial charge is 0.277 e. The van der Waals surface area contributed by atoms with E-state index in [4.69, 9.17) is 51.1 Å². The summed E-state index contributed by atoms with van der Waals surface area (Å²) >= 11 is 22.7. The van der Waals surface area contributed by atoms with E-state index in [1.807, 2.05) is 43.9 Å². The SMILES string of the molecule is CCC(=C[N+](=O)[O-])N(CC)Cc1ccc(Cl)nc1.CCC(CCc1ccc(Cl)nc1)=N[N+](=O)[O-].CN1COCN(Cc2ccc(Cl)nc2)C1=N[N+](=O)[O-].O=[N+]([O-])N=C1NCCN1Cc1ccc(Cl)nc1. The fourth-order valence-electron chi connectivity index (χ4n) is 6.18. The third-order valence-corrected chi connectivity index (χ3v) is 10.4. The molecule has 29 heteroatoms. The van der Waals surface area contributed by atoms with Gasteiger partial charge in [0.05, 0.1) is 21.4 Å². The van der Waals surface area contributed by atoms with Crippen LogP contribution < -0.4 is 5.32 Å². The average molecular weight is 1050 g/mol. The number of aromatic nitrogens is 4. The van der Waals surface area contributed by atoms with Crippen molar-refractivity contribution in [2.75, 3.05) is 40.1 Å². The molecular formula is C41H50Cl4N16O9. The topological polar surface area (TPSA) is 295 Å². The standard InChI is InChI=1S/C12H16ClN3O2.C10H12ClN5O3.C10H12ClN3O2.C9H10ClN5O2/c1-3-11(9-16(17)18)15(4-2)8-10-5-6-12(13)14-7-10;1-14-6-19-7-15(10(14)13-16(17)18)5-8-2-3-9(11)12-4-8;1-2-9(13-14(15)16)5-3-8-4-6-10(11)12-7-8;10-8-2-1-7(5-12-8)6-14-4-3-11-9(14)13-15(16)17/h5-7,9H,3-4,8H2,1-2H3;2-4H,5-7H2,1H3;4,6-7H,2-3,5H2,1H3;1-2,5H,3-4,6H2,(H,11,13). The second-order valence-corrected chi connectivity index (χ2v) is 16.0. The first-order valence-corrected chi connectivity index (χ1v) is 22.6. The van der Waals surface area contributed by atoms with Gasteiger partial charge in [0.25, 0.3) is 18.1 Å². The molecule has 0 aliphatic carbocycles. The summed E-state index contributed by atoms with van der Waals surface area (Å²) in [5, 5.41) is 54.1. The lowest BCUT2D eigenvalue weighted by molar-refractivity contribution is -0.486. The molecular weight excluding hydrogens is 1000 g/mol. The van der Waals surface area contributed by atoms with E-state index < -0.39 is 20.0 Å². The van der Waals surface area contributed by atoms with E-state index in [0.717, 1.165) is 28.5 Å². The Hall–Kier alpha value is -6.93. The van der Waals surface area contributed by atoms with Gasteiger partial charge in [-0.2, -0.15) is 0 Å². The van der Waals surface area contributed by atoms with Crippen molar-refractivity contribution in [3.8, 4) is 0 Å². The quantitative estimate of drug-likeness (QED) is 0.0465. The van der Waals surface area contributed by atoms with Gasteiger partial charge in [-0.25, -0.2) is 50.3 Å². The number of ether oxygens (including phenoxy) is 1. The number of nitrogens with zero attached hydrogens (tertiary/aromatic N) is 15. The molecule has 376 valence electrons. The number of hydrogen-bond acceptors (Lipinski definition) is 14. The Morgan fingerprint density at radius 3 is 1.67 bits per heavy atom. The summed E-state index contributed by atoms with van der Waals surface area (Å²) in [7, 11) is 1.68. The molecule has 2 aliphatic rings. The lowest BCUT2D eigenvalue weighted by Gasteiger charge is -2.34. The van der Waals surface area contributed by atoms with Crippen LogP contribution in [0.15, 0.2) is 101 Å². The molecule has 0 radical (unpaired) electrons. The van der Waals surface area contributed by atoms with Crippen molar-refractivity contribution in [1.82, 2.24) is 44.9 Å². The van der Waals surface area contributed by atoms with Gasteiger partial charge in [0.1, 0.15) is 44.3 Å². The van der Waals surface area contributed by atoms with E-state index in [1.54, 1.807) is 76.9 Å². The number of guanidine groups is 2. The van der Waals surface area contributed by atoms with Gasteiger partial charge in [0.15, 0.2) is 15.1 Å². The van der Waals surface area contributed by atoms with Crippen LogP contribution in [0.5, 0.6) is 0 Å². The zero-order valence-electron chi connectivity index (χ0n) is 38.4. The monoisotopic (exact) mass is 1050 g/mol. The Morgan fingerprint density at radius 1 is 0.714 bits per heavy atom. The maximum absolute atomic E-state index is 10.6. The minimum absolute atomic E-state index is 0.236. The van der Waals surface area contributed by atoms with E-state index >= 15 is 0 Å². The predicted octanol–water partition coefficient (Wildman–Crippen LogP) is 7.44. The number of nitrogens with one attached hydrogen (secondary N) is 1. The summed E-state index contributed by atoms with van der Waals surface area (Å²) in [4.78, 5) is 64.0. The maximum atomic E-state index is 10.6. The number of hydrazone groups is 3. The third-order valence-electron chi connectivity index (χ3n) is 9.48. The molecule has 2 fully saturated rings. The zero-order chi connectivity index (χ0) is 51.6. The van der Waals surface area contributed by atoms with Crippen molar-refractivity contribution in [1.29, 1.82) is 0 Å². The second-order valence-electron chi connectivity index (χ2n) is 14.5. The van der Waals surface area contributed by atoms with E-state index in [0.29, 0.717) is 97.0 Å². The van der Waals surface area contributed by atoms with Gasteiger partial charge in [0.2, 0.25) is 0 Å². The molecule has 70 heavy (non-hydrogen) atoms. The van der Waals surface area contributed by atoms with Crippen LogP contribution in [0.3, 0.4) is 0 Å². The zero-order valence-corrected chi connectivity index (χ0v) is 41.4. The van der Waals surface area contributed by atoms with Crippen LogP contribution in [0.25, 0.3) is 0 Å². The Kier molecular flexibility index (Phi) is 25.0. The van der Waals surface area contributed by atoms with Crippen molar-refractivity contribution in [3.05, 3.63) is 169 Å². The van der Waals surface area contributed by atoms with Crippen LogP contribution in [0, 0.1) is 40.5 Å². The Bertz CT molecular complexity index is 2440. The van der Waals surface area contributed by atoms with Gasteiger partial charge in [-0.1, -0.05) is 84.5 Å². The summed E-state index contributed by atoms with van der Waals surface area (Å²) in [5.41, 5.74) is 5.05. The summed E-state index contributed by atoms with van der Waals surface area (Å²) < 4.78 is 5.30. The first-order valence-electron chi connectivity index (χ1n) is 21.1. The molecule has 0 aromatic carbocycles. The highest BCUT2D eigenvalue weighted by molar-refractivity contribution is 6.30. The Balaban J connectivity index is 0.000000247. The summed E-state index contributed by atoms with van der Waals surface area (Å²) in [6, 6.07) is 14.1. The summed E-state index contributed by atoms with van der Waals surface area (Å²) in [6.07, 6.45) is 10.1. The highest BCUT2D eigenvalue weighted by atomic mass is 35.5. The molecule has 0 spiro atoms. The molecule has 0 unspecified atom stereocenters. The molecule has 1 N–H and O–H groups in total. The molecule has 0 atom stereocenters. The van der Waals surface area contributed by atoms with Gasteiger partial charge >= 0.3 is 0 Å². The van der Waals surface area contributed by atoms with E-state index in [-0.39, 0.29) is 25.4 Å². The van der Waals surface area contributed by atoms with Crippen molar-refractivity contribution >= 4 is 64.0 Å². The summed E-state index contributed by atoms with van der Waals surface area (Å²) in [6.45, 7) is 9.76. The number of pyridine rings is 4. The Labute approximate surface area is 422 Å². The van der Waals surface area contributed by atoms with Gasteiger partial charge < -0.3 is 29.7 Å². The lowest BCUT2D eigenvalue weighted by Crippen LogP contribution is -2.49.